The summed E-state index contributed by atoms with van der Waals surface area (Å²) in [5.41, 5.74) is 3.41. The molecule has 2 aromatic rings. The van der Waals surface area contributed by atoms with Crippen LogP contribution in [0.2, 0.25) is 0 Å². The summed E-state index contributed by atoms with van der Waals surface area (Å²) in [6.45, 7) is 1.79. The van der Waals surface area contributed by atoms with Gasteiger partial charge in [0.05, 0.1) is 16.7 Å². The lowest BCUT2D eigenvalue weighted by Gasteiger charge is -2.06. The summed E-state index contributed by atoms with van der Waals surface area (Å²) >= 11 is 0. The molecule has 0 aliphatic heterocycles. The minimum atomic E-state index is -0.979. The molecule has 8 heteroatoms. The molecule has 2 aromatic carbocycles. The summed E-state index contributed by atoms with van der Waals surface area (Å²) in [6, 6.07) is 12.9. The van der Waals surface area contributed by atoms with Gasteiger partial charge in [-0.25, -0.2) is 5.43 Å². The van der Waals surface area contributed by atoms with Crippen LogP contribution in [0.5, 0.6) is 0 Å². The summed E-state index contributed by atoms with van der Waals surface area (Å²) in [4.78, 5) is 33.8. The number of hydrogen-bond donors (Lipinski definition) is 2. The van der Waals surface area contributed by atoms with E-state index in [0.29, 0.717) is 5.69 Å². The maximum absolute atomic E-state index is 11.8. The van der Waals surface area contributed by atoms with Gasteiger partial charge in [-0.3, -0.25) is 19.7 Å². The van der Waals surface area contributed by atoms with Crippen LogP contribution in [-0.2, 0) is 9.59 Å². The van der Waals surface area contributed by atoms with Crippen LogP contribution in [0.15, 0.2) is 53.6 Å². The largest absolute Gasteiger partial charge is 0.329 e. The summed E-state index contributed by atoms with van der Waals surface area (Å²) in [6.07, 6.45) is 1.11. The Labute approximate surface area is 137 Å². The van der Waals surface area contributed by atoms with Crippen molar-refractivity contribution in [3.63, 3.8) is 0 Å². The number of nitrogens with zero attached hydrogens (tertiary/aromatic N) is 2. The number of nitrogens with one attached hydrogen (secondary N) is 2. The van der Waals surface area contributed by atoms with E-state index in [0.717, 1.165) is 11.8 Å². The van der Waals surface area contributed by atoms with Gasteiger partial charge < -0.3 is 5.32 Å². The number of benzene rings is 2. The number of nitro groups is 1. The van der Waals surface area contributed by atoms with E-state index in [1.165, 1.54) is 18.2 Å². The van der Waals surface area contributed by atoms with Crippen molar-refractivity contribution in [3.05, 3.63) is 69.8 Å². The van der Waals surface area contributed by atoms with Crippen LogP contribution in [0.1, 0.15) is 11.1 Å². The van der Waals surface area contributed by atoms with Gasteiger partial charge in [0, 0.05) is 11.8 Å². The SMILES string of the molecule is Cc1ccccc1NC(=O)C(=O)N/N=C\c1ccccc1[N+](=O)[O-]. The van der Waals surface area contributed by atoms with Crippen molar-refractivity contribution < 1.29 is 14.5 Å². The lowest BCUT2D eigenvalue weighted by molar-refractivity contribution is -0.385. The summed E-state index contributed by atoms with van der Waals surface area (Å²) in [5, 5.41) is 16.9. The third-order valence-electron chi connectivity index (χ3n) is 3.10. The van der Waals surface area contributed by atoms with Crippen molar-refractivity contribution in [1.82, 2.24) is 5.43 Å². The zero-order chi connectivity index (χ0) is 17.5. The second-order valence-electron chi connectivity index (χ2n) is 4.78. The van der Waals surface area contributed by atoms with Gasteiger partial charge in [-0.05, 0) is 24.6 Å². The second kappa shape index (κ2) is 7.63. The number of carbonyl (C=O) groups is 2. The highest BCUT2D eigenvalue weighted by Crippen LogP contribution is 2.15. The van der Waals surface area contributed by atoms with Crippen molar-refractivity contribution in [1.29, 1.82) is 0 Å². The van der Waals surface area contributed by atoms with Crippen LogP contribution in [0, 0.1) is 17.0 Å². The van der Waals surface area contributed by atoms with E-state index < -0.39 is 16.7 Å². The molecule has 0 aliphatic carbocycles. The van der Waals surface area contributed by atoms with Crippen molar-refractivity contribution >= 4 is 29.4 Å². The van der Waals surface area contributed by atoms with E-state index in [4.69, 9.17) is 0 Å². The molecule has 0 spiro atoms. The molecule has 2 amide bonds. The van der Waals surface area contributed by atoms with Gasteiger partial charge in [0.2, 0.25) is 0 Å². The smallest absolute Gasteiger partial charge is 0.317 e. The van der Waals surface area contributed by atoms with Gasteiger partial charge in [-0.15, -0.1) is 0 Å². The van der Waals surface area contributed by atoms with Crippen molar-refractivity contribution in [2.45, 2.75) is 6.92 Å². The molecule has 0 heterocycles. The maximum Gasteiger partial charge on any atom is 0.329 e. The standard InChI is InChI=1S/C16H14N4O4/c1-11-6-2-4-8-13(11)18-15(21)16(22)19-17-10-12-7-3-5-9-14(12)20(23)24/h2-10H,1H3,(H,18,21)(H,19,22)/b17-10-. The Balaban J connectivity index is 1.99. The Morgan fingerprint density at radius 2 is 1.75 bits per heavy atom. The van der Waals surface area contributed by atoms with Gasteiger partial charge in [-0.1, -0.05) is 30.3 Å². The lowest BCUT2D eigenvalue weighted by Crippen LogP contribution is -2.32. The van der Waals surface area contributed by atoms with Crippen LogP contribution in [-0.4, -0.2) is 23.0 Å². The first-order valence-electron chi connectivity index (χ1n) is 6.92. The van der Waals surface area contributed by atoms with E-state index in [-0.39, 0.29) is 11.3 Å². The first-order chi connectivity index (χ1) is 11.5. The molecule has 0 unspecified atom stereocenters. The fraction of sp³-hybridized carbons (Fsp3) is 0.0625. The lowest BCUT2D eigenvalue weighted by atomic mass is 10.2. The fourth-order valence-electron chi connectivity index (χ4n) is 1.87. The molecule has 0 bridgehead atoms. The first kappa shape index (κ1) is 16.8. The first-order valence-corrected chi connectivity index (χ1v) is 6.92. The fourth-order valence-corrected chi connectivity index (χ4v) is 1.87. The quantitative estimate of drug-likeness (QED) is 0.387. The van der Waals surface area contributed by atoms with Gasteiger partial charge in [0.1, 0.15) is 0 Å². The van der Waals surface area contributed by atoms with Gasteiger partial charge in [-0.2, -0.15) is 5.10 Å². The van der Waals surface area contributed by atoms with Crippen LogP contribution in [0.4, 0.5) is 11.4 Å². The van der Waals surface area contributed by atoms with Crippen LogP contribution in [0.25, 0.3) is 0 Å². The van der Waals surface area contributed by atoms with Gasteiger partial charge >= 0.3 is 11.8 Å². The summed E-state index contributed by atoms with van der Waals surface area (Å²) < 4.78 is 0. The molecule has 0 aliphatic rings. The molecule has 2 rings (SSSR count). The van der Waals surface area contributed by atoms with Crippen molar-refractivity contribution in [2.75, 3.05) is 5.32 Å². The minimum absolute atomic E-state index is 0.153. The molecular formula is C16H14N4O4. The Bertz CT molecular complexity index is 817. The molecule has 0 aromatic heterocycles. The molecule has 0 saturated heterocycles. The van der Waals surface area contributed by atoms with Crippen LogP contribution < -0.4 is 10.7 Å². The molecule has 122 valence electrons. The predicted molar refractivity (Wildman–Crippen MR) is 88.6 cm³/mol. The van der Waals surface area contributed by atoms with Crippen molar-refractivity contribution in [2.24, 2.45) is 5.10 Å². The minimum Gasteiger partial charge on any atom is -0.317 e. The summed E-state index contributed by atoms with van der Waals surface area (Å²) in [7, 11) is 0. The average Bonchev–Trinajstić information content (AvgIpc) is 2.57. The van der Waals surface area contributed by atoms with E-state index in [9.17, 15) is 19.7 Å². The molecule has 0 fully saturated rings. The number of anilines is 1. The Kier molecular flexibility index (Phi) is 5.35. The second-order valence-corrected chi connectivity index (χ2v) is 4.78. The highest BCUT2D eigenvalue weighted by atomic mass is 16.6. The number of rotatable bonds is 4. The Morgan fingerprint density at radius 1 is 1.08 bits per heavy atom. The van der Waals surface area contributed by atoms with E-state index in [1.54, 1.807) is 31.2 Å². The molecular weight excluding hydrogens is 312 g/mol. The van der Waals surface area contributed by atoms with Crippen LogP contribution >= 0.6 is 0 Å². The Hall–Kier alpha value is -3.55. The van der Waals surface area contributed by atoms with Crippen molar-refractivity contribution in [3.8, 4) is 0 Å². The number of para-hydroxylation sites is 2. The number of nitro benzene ring substituents is 1. The monoisotopic (exact) mass is 326 g/mol. The number of hydrazone groups is 1. The third kappa shape index (κ3) is 4.23. The van der Waals surface area contributed by atoms with E-state index >= 15 is 0 Å². The highest BCUT2D eigenvalue weighted by Gasteiger charge is 2.14. The molecule has 2 N–H and O–H groups in total. The average molecular weight is 326 g/mol. The topological polar surface area (TPSA) is 114 Å². The molecule has 0 radical (unpaired) electrons. The number of carbonyl (C=O) groups excluding carboxylic acids is 2. The van der Waals surface area contributed by atoms with Gasteiger partial charge in [0.15, 0.2) is 0 Å². The normalized spacial score (nSPS) is 10.4. The molecule has 8 nitrogen and oxygen atoms in total. The zero-order valence-electron chi connectivity index (χ0n) is 12.7. The summed E-state index contributed by atoms with van der Waals surface area (Å²) in [5.74, 6) is -1.86. The highest BCUT2D eigenvalue weighted by molar-refractivity contribution is 6.39. The Morgan fingerprint density at radius 3 is 2.46 bits per heavy atom. The van der Waals surface area contributed by atoms with E-state index in [1.807, 2.05) is 11.5 Å². The van der Waals surface area contributed by atoms with E-state index in [2.05, 4.69) is 10.4 Å². The molecule has 24 heavy (non-hydrogen) atoms. The number of aryl methyl sites for hydroxylation is 1. The van der Waals surface area contributed by atoms with Gasteiger partial charge in [0.25, 0.3) is 5.69 Å². The molecule has 0 saturated carbocycles. The number of hydrogen-bond acceptors (Lipinski definition) is 5. The molecule has 0 atom stereocenters. The maximum atomic E-state index is 11.8. The zero-order valence-corrected chi connectivity index (χ0v) is 12.7. The number of amides is 2. The third-order valence-corrected chi connectivity index (χ3v) is 3.10. The predicted octanol–water partition coefficient (Wildman–Crippen LogP) is 1.99. The van der Waals surface area contributed by atoms with Crippen LogP contribution in [0.3, 0.4) is 0 Å².